The molecule has 7 rings (SSSR count). The third-order valence-corrected chi connectivity index (χ3v) is 10.4. The van der Waals surface area contributed by atoms with Crippen LogP contribution in [0.1, 0.15) is 31.2 Å². The molecule has 0 spiro atoms. The maximum absolute atomic E-state index is 14.1. The number of benzene rings is 1. The Morgan fingerprint density at radius 2 is 1.88 bits per heavy atom. The van der Waals surface area contributed by atoms with Gasteiger partial charge in [0.25, 0.3) is 0 Å². The quantitative estimate of drug-likeness (QED) is 0.279. The molecular weight excluding hydrogens is 649 g/mol. The molecule has 1 amide bonds. The van der Waals surface area contributed by atoms with E-state index in [9.17, 15) is 40.6 Å². The number of hydrogen-bond donors (Lipinski definition) is 2. The molecule has 2 N–H and O–H groups in total. The molecule has 3 heterocycles. The number of likely N-dealkylation sites (tertiary alicyclic amines) is 1. The van der Waals surface area contributed by atoms with Crippen LogP contribution < -0.4 is 5.32 Å². The molecule has 8 nitrogen and oxygen atoms in total. The molecule has 2 bridgehead atoms. The molecule has 8 atom stereocenters. The SMILES string of the molecule is COC1C=CC(C2=NOC3CN(CC(O)C(F)(F)F)CC23)=CN1[C@H]1[C@@H](C(=O)Nc2ccc(F)c(C(F)(F)F)c2)[C@H]2CC[C@@H]1/C2=C\C1CC1. The summed E-state index contributed by atoms with van der Waals surface area (Å²) >= 11 is 0. The van der Waals surface area contributed by atoms with Gasteiger partial charge in [0.2, 0.25) is 5.91 Å². The number of alkyl halides is 6. The summed E-state index contributed by atoms with van der Waals surface area (Å²) in [7, 11) is 1.52. The van der Waals surface area contributed by atoms with Crippen molar-refractivity contribution in [2.45, 2.75) is 62.5 Å². The number of fused-ring (bicyclic) bond motifs is 3. The summed E-state index contributed by atoms with van der Waals surface area (Å²) in [5, 5.41) is 16.5. The van der Waals surface area contributed by atoms with Gasteiger partial charge in [0.1, 0.15) is 18.1 Å². The van der Waals surface area contributed by atoms with Crippen LogP contribution in [0.2, 0.25) is 0 Å². The van der Waals surface area contributed by atoms with Crippen molar-refractivity contribution in [1.29, 1.82) is 0 Å². The first kappa shape index (κ1) is 33.1. The fourth-order valence-corrected chi connectivity index (χ4v) is 8.12. The van der Waals surface area contributed by atoms with Crippen LogP contribution in [0.3, 0.4) is 0 Å². The average Bonchev–Trinajstić information content (AvgIpc) is 3.30. The molecule has 260 valence electrons. The van der Waals surface area contributed by atoms with E-state index in [0.717, 1.165) is 37.3 Å². The first-order valence-corrected chi connectivity index (χ1v) is 16.0. The third kappa shape index (κ3) is 6.13. The lowest BCUT2D eigenvalue weighted by Crippen LogP contribution is -2.51. The number of carbonyl (C=O) groups excluding carboxylic acids is 1. The minimum absolute atomic E-state index is 0.0349. The van der Waals surface area contributed by atoms with Crippen LogP contribution >= 0.6 is 0 Å². The monoisotopic (exact) mass is 684 g/mol. The fraction of sp³-hybridized carbons (Fsp3) is 0.576. The summed E-state index contributed by atoms with van der Waals surface area (Å²) in [5.41, 5.74) is 0.698. The number of ether oxygens (including phenoxy) is 1. The Kier molecular flexibility index (Phi) is 8.38. The van der Waals surface area contributed by atoms with E-state index in [2.05, 4.69) is 16.5 Å². The molecule has 1 aromatic rings. The zero-order valence-electron chi connectivity index (χ0n) is 25.8. The number of anilines is 1. The molecule has 4 fully saturated rings. The molecule has 6 aliphatic rings. The molecule has 4 unspecified atom stereocenters. The minimum Gasteiger partial charge on any atom is -0.390 e. The average molecular weight is 685 g/mol. The van der Waals surface area contributed by atoms with Crippen LogP contribution in [0.25, 0.3) is 0 Å². The van der Waals surface area contributed by atoms with E-state index in [0.29, 0.717) is 29.3 Å². The lowest BCUT2D eigenvalue weighted by molar-refractivity contribution is -0.207. The summed E-state index contributed by atoms with van der Waals surface area (Å²) in [6.07, 6.45) is -1.95. The van der Waals surface area contributed by atoms with Gasteiger partial charge in [-0.2, -0.15) is 26.3 Å². The number of nitrogens with one attached hydrogen (secondary N) is 1. The molecule has 0 aromatic heterocycles. The second-order valence-corrected chi connectivity index (χ2v) is 13.5. The van der Waals surface area contributed by atoms with E-state index in [1.807, 2.05) is 11.1 Å². The topological polar surface area (TPSA) is 86.6 Å². The van der Waals surface area contributed by atoms with Gasteiger partial charge in [-0.05, 0) is 61.8 Å². The Morgan fingerprint density at radius 3 is 2.56 bits per heavy atom. The van der Waals surface area contributed by atoms with Crippen molar-refractivity contribution in [2.75, 3.05) is 32.1 Å². The number of aliphatic hydroxyl groups excluding tert-OH is 1. The van der Waals surface area contributed by atoms with Gasteiger partial charge in [0, 0.05) is 56.2 Å². The number of hydrogen-bond acceptors (Lipinski definition) is 7. The van der Waals surface area contributed by atoms with Crippen LogP contribution in [-0.2, 0) is 20.5 Å². The molecular formula is C33H35F7N4O4. The summed E-state index contributed by atoms with van der Waals surface area (Å²) in [6, 6.07) is 1.95. The standard InChI is InChI=1S/C33H35F7N4O4/c1-47-27-9-4-17(29-22-13-43(14-25(22)48-42-29)15-26(45)33(38,39)40)12-44(27)30-20-7-6-19(21(20)10-16-2-3-16)28(30)31(46)41-18-5-8-24(34)23(11-18)32(35,36)37/h4-5,8-12,16,19-20,22,25-28,30,45H,2-3,6-7,13-15H2,1H3,(H,41,46)/b21-10-/t19-,20+,22?,25?,26?,27?,28-,30+/m0/s1. The molecule has 1 aromatic carbocycles. The van der Waals surface area contributed by atoms with Crippen molar-refractivity contribution in [2.24, 2.45) is 34.7 Å². The first-order valence-electron chi connectivity index (χ1n) is 16.0. The van der Waals surface area contributed by atoms with Gasteiger partial charge in [-0.3, -0.25) is 9.69 Å². The number of β-amino-alcohol motifs (C(OH)–C–C–N with tert-alkyl or cyclic N) is 1. The van der Waals surface area contributed by atoms with Gasteiger partial charge in [-0.15, -0.1) is 0 Å². The van der Waals surface area contributed by atoms with Crippen molar-refractivity contribution in [1.82, 2.24) is 9.80 Å². The van der Waals surface area contributed by atoms with Crippen molar-refractivity contribution in [3.05, 3.63) is 65.2 Å². The Balaban J connectivity index is 1.17. The molecule has 1 saturated heterocycles. The second-order valence-electron chi connectivity index (χ2n) is 13.5. The summed E-state index contributed by atoms with van der Waals surface area (Å²) in [5.74, 6) is -2.70. The Labute approximate surface area is 271 Å². The maximum atomic E-state index is 14.1. The lowest BCUT2D eigenvalue weighted by Gasteiger charge is -2.42. The number of oxime groups is 1. The first-order chi connectivity index (χ1) is 22.7. The van der Waals surface area contributed by atoms with E-state index in [1.165, 1.54) is 12.0 Å². The zero-order valence-corrected chi connectivity index (χ0v) is 25.8. The molecule has 48 heavy (non-hydrogen) atoms. The highest BCUT2D eigenvalue weighted by molar-refractivity contribution is 6.05. The predicted octanol–water partition coefficient (Wildman–Crippen LogP) is 5.48. The fourth-order valence-electron chi connectivity index (χ4n) is 8.12. The highest BCUT2D eigenvalue weighted by Gasteiger charge is 2.57. The van der Waals surface area contributed by atoms with Crippen molar-refractivity contribution >= 4 is 17.3 Å². The number of aliphatic hydroxyl groups is 1. The predicted molar refractivity (Wildman–Crippen MR) is 158 cm³/mol. The number of amides is 1. The number of nitrogens with zero attached hydrogens (tertiary/aromatic N) is 3. The van der Waals surface area contributed by atoms with E-state index in [4.69, 9.17) is 9.57 Å². The molecule has 0 radical (unpaired) electrons. The van der Waals surface area contributed by atoms with Crippen molar-refractivity contribution < 1.29 is 50.2 Å². The highest BCUT2D eigenvalue weighted by atomic mass is 19.4. The van der Waals surface area contributed by atoms with Crippen LogP contribution in [-0.4, -0.2) is 83.9 Å². The summed E-state index contributed by atoms with van der Waals surface area (Å²) in [6.45, 7) is -0.230. The van der Waals surface area contributed by atoms with E-state index < -0.39 is 66.6 Å². The largest absolute Gasteiger partial charge is 0.419 e. The van der Waals surface area contributed by atoms with Crippen LogP contribution in [0.5, 0.6) is 0 Å². The Morgan fingerprint density at radius 1 is 1.12 bits per heavy atom. The second kappa shape index (κ2) is 12.2. The third-order valence-electron chi connectivity index (χ3n) is 10.4. The summed E-state index contributed by atoms with van der Waals surface area (Å²) < 4.78 is 99.2. The number of carbonyl (C=O) groups is 1. The zero-order chi connectivity index (χ0) is 34.1. The van der Waals surface area contributed by atoms with Gasteiger partial charge < -0.3 is 24.9 Å². The number of allylic oxidation sites excluding steroid dienone is 3. The van der Waals surface area contributed by atoms with Gasteiger partial charge in [-0.1, -0.05) is 22.9 Å². The van der Waals surface area contributed by atoms with Crippen molar-refractivity contribution in [3.8, 4) is 0 Å². The maximum Gasteiger partial charge on any atom is 0.419 e. The highest BCUT2D eigenvalue weighted by Crippen LogP contribution is 2.57. The molecule has 15 heteroatoms. The lowest BCUT2D eigenvalue weighted by atomic mass is 9.82. The van der Waals surface area contributed by atoms with Gasteiger partial charge in [0.15, 0.2) is 6.10 Å². The molecule has 3 aliphatic heterocycles. The minimum atomic E-state index is -4.94. The molecule has 3 aliphatic carbocycles. The van der Waals surface area contributed by atoms with Crippen molar-refractivity contribution in [3.63, 3.8) is 0 Å². The smallest absolute Gasteiger partial charge is 0.390 e. The van der Waals surface area contributed by atoms with Gasteiger partial charge >= 0.3 is 12.4 Å². The Bertz CT molecular complexity index is 1570. The van der Waals surface area contributed by atoms with Crippen LogP contribution in [0.4, 0.5) is 36.4 Å². The van der Waals surface area contributed by atoms with Gasteiger partial charge in [-0.25, -0.2) is 4.39 Å². The van der Waals surface area contributed by atoms with Crippen LogP contribution in [0, 0.1) is 35.4 Å². The number of halogens is 7. The summed E-state index contributed by atoms with van der Waals surface area (Å²) in [4.78, 5) is 23.1. The number of rotatable bonds is 8. The van der Waals surface area contributed by atoms with E-state index in [1.54, 1.807) is 12.2 Å². The molecule has 3 saturated carbocycles. The van der Waals surface area contributed by atoms with Crippen LogP contribution in [0.15, 0.2) is 58.9 Å². The van der Waals surface area contributed by atoms with E-state index in [-0.39, 0.29) is 36.5 Å². The van der Waals surface area contributed by atoms with Gasteiger partial charge in [0.05, 0.1) is 23.1 Å². The number of methoxy groups -OCH3 is 1. The Hall–Kier alpha value is -3.43. The normalized spacial score (nSPS) is 33.1. The van der Waals surface area contributed by atoms with E-state index >= 15 is 0 Å².